The maximum absolute atomic E-state index is 5.79. The smallest absolute Gasteiger partial charge is 0.130 e. The summed E-state index contributed by atoms with van der Waals surface area (Å²) in [4.78, 5) is 3.84. The van der Waals surface area contributed by atoms with Crippen molar-refractivity contribution in [2.75, 3.05) is 0 Å². The van der Waals surface area contributed by atoms with Crippen molar-refractivity contribution in [1.29, 1.82) is 0 Å². The highest BCUT2D eigenvalue weighted by atomic mass is 35.5. The Bertz CT molecular complexity index is 301. The molecule has 0 N–H and O–H groups in total. The average Bonchev–Trinajstić information content (AvgIpc) is 1.95. The highest BCUT2D eigenvalue weighted by Crippen LogP contribution is 2.18. The molecule has 0 unspecified atom stereocenters. The molecule has 0 spiro atoms. The molecular weight excluding hydrogens is 181 g/mol. The molecule has 0 aliphatic carbocycles. The van der Waals surface area contributed by atoms with Crippen LogP contribution in [-0.2, 0) is 6.42 Å². The zero-order valence-electron chi connectivity index (χ0n) is 5.64. The molecular formula is C8H5Cl2N. The van der Waals surface area contributed by atoms with E-state index in [9.17, 15) is 0 Å². The molecule has 0 aliphatic rings. The fourth-order valence-electron chi connectivity index (χ4n) is 0.676. The second-order valence-corrected chi connectivity index (χ2v) is 2.77. The molecule has 3 heteroatoms. The van der Waals surface area contributed by atoms with Crippen LogP contribution < -0.4 is 0 Å². The zero-order chi connectivity index (χ0) is 8.27. The van der Waals surface area contributed by atoms with E-state index in [1.165, 1.54) is 0 Å². The Labute approximate surface area is 75.4 Å². The molecule has 0 saturated heterocycles. The molecule has 1 heterocycles. The summed E-state index contributed by atoms with van der Waals surface area (Å²) in [5.74, 6) is 2.48. The Morgan fingerprint density at radius 3 is 2.82 bits per heavy atom. The molecule has 1 rings (SSSR count). The fourth-order valence-corrected chi connectivity index (χ4v) is 1.11. The first-order valence-electron chi connectivity index (χ1n) is 2.97. The maximum atomic E-state index is 5.79. The number of halogens is 2. The molecule has 0 fully saturated rings. The van der Waals surface area contributed by atoms with Crippen molar-refractivity contribution in [1.82, 2.24) is 4.98 Å². The fraction of sp³-hybridized carbons (Fsp3) is 0.125. The van der Waals surface area contributed by atoms with Crippen LogP contribution in [0.4, 0.5) is 0 Å². The summed E-state index contributed by atoms with van der Waals surface area (Å²) in [5.41, 5.74) is 0.832. The van der Waals surface area contributed by atoms with Gasteiger partial charge in [0.25, 0.3) is 0 Å². The van der Waals surface area contributed by atoms with E-state index in [1.807, 2.05) is 0 Å². The lowest BCUT2D eigenvalue weighted by atomic mass is 10.2. The monoisotopic (exact) mass is 185 g/mol. The van der Waals surface area contributed by atoms with Gasteiger partial charge in [0, 0.05) is 23.2 Å². The molecule has 1 nitrogen and oxygen atoms in total. The van der Waals surface area contributed by atoms with Crippen molar-refractivity contribution in [3.05, 3.63) is 28.0 Å². The molecule has 0 atom stereocenters. The first-order chi connectivity index (χ1) is 5.24. The lowest BCUT2D eigenvalue weighted by molar-refractivity contribution is 1.21. The number of nitrogens with zero attached hydrogens (tertiary/aromatic N) is 1. The molecule has 0 aliphatic heterocycles. The molecule has 0 bridgehead atoms. The van der Waals surface area contributed by atoms with Crippen LogP contribution in [0.3, 0.4) is 0 Å². The Morgan fingerprint density at radius 2 is 2.27 bits per heavy atom. The van der Waals surface area contributed by atoms with Gasteiger partial charge in [-0.05, 0) is 6.07 Å². The van der Waals surface area contributed by atoms with E-state index < -0.39 is 0 Å². The third kappa shape index (κ3) is 2.11. The average molecular weight is 186 g/mol. The van der Waals surface area contributed by atoms with E-state index in [1.54, 1.807) is 12.3 Å². The Hall–Kier alpha value is -0.710. The number of aromatic nitrogens is 1. The van der Waals surface area contributed by atoms with Gasteiger partial charge in [0.1, 0.15) is 5.15 Å². The quantitative estimate of drug-likeness (QED) is 0.485. The van der Waals surface area contributed by atoms with Gasteiger partial charge in [-0.25, -0.2) is 4.98 Å². The highest BCUT2D eigenvalue weighted by molar-refractivity contribution is 6.34. The second-order valence-electron chi connectivity index (χ2n) is 1.98. The van der Waals surface area contributed by atoms with Crippen molar-refractivity contribution < 1.29 is 0 Å². The first kappa shape index (κ1) is 8.39. The zero-order valence-corrected chi connectivity index (χ0v) is 7.15. The summed E-state index contributed by atoms with van der Waals surface area (Å²) >= 11 is 11.4. The van der Waals surface area contributed by atoms with Gasteiger partial charge in [-0.1, -0.05) is 23.2 Å². The van der Waals surface area contributed by atoms with Gasteiger partial charge < -0.3 is 0 Å². The van der Waals surface area contributed by atoms with E-state index in [0.717, 1.165) is 5.56 Å². The molecule has 0 saturated carbocycles. The van der Waals surface area contributed by atoms with Crippen LogP contribution in [0.1, 0.15) is 5.56 Å². The normalized spacial score (nSPS) is 9.18. The second kappa shape index (κ2) is 3.61. The van der Waals surface area contributed by atoms with E-state index in [0.29, 0.717) is 16.6 Å². The first-order valence-corrected chi connectivity index (χ1v) is 3.73. The van der Waals surface area contributed by atoms with Gasteiger partial charge in [-0.15, -0.1) is 12.3 Å². The summed E-state index contributed by atoms with van der Waals surface area (Å²) in [6.45, 7) is 0. The predicted molar refractivity (Wildman–Crippen MR) is 46.8 cm³/mol. The predicted octanol–water partition coefficient (Wildman–Crippen LogP) is 2.56. The molecule has 1 aromatic rings. The van der Waals surface area contributed by atoms with Crippen molar-refractivity contribution in [3.8, 4) is 12.3 Å². The topological polar surface area (TPSA) is 12.9 Å². The minimum atomic E-state index is 0.385. The van der Waals surface area contributed by atoms with Crippen LogP contribution >= 0.6 is 23.2 Å². The van der Waals surface area contributed by atoms with Crippen LogP contribution in [0, 0.1) is 12.3 Å². The molecule has 0 amide bonds. The van der Waals surface area contributed by atoms with E-state index in [4.69, 9.17) is 29.6 Å². The standard InChI is InChI=1S/C8H5Cl2N/c1-2-3-6-5-11-8(10)4-7(6)9/h1,4-5H,3H2. The minimum Gasteiger partial charge on any atom is -0.244 e. The lowest BCUT2D eigenvalue weighted by Gasteiger charge is -1.97. The Balaban J connectivity index is 3.01. The minimum absolute atomic E-state index is 0.385. The number of hydrogen-bond donors (Lipinski definition) is 0. The third-order valence-electron chi connectivity index (χ3n) is 1.19. The number of pyridine rings is 1. The van der Waals surface area contributed by atoms with Crippen LogP contribution in [0.25, 0.3) is 0 Å². The van der Waals surface area contributed by atoms with Crippen LogP contribution in [-0.4, -0.2) is 4.98 Å². The Morgan fingerprint density at radius 1 is 1.55 bits per heavy atom. The lowest BCUT2D eigenvalue weighted by Crippen LogP contribution is -1.85. The number of terminal acetylenes is 1. The van der Waals surface area contributed by atoms with Crippen LogP contribution in [0.2, 0.25) is 10.2 Å². The summed E-state index contributed by atoms with van der Waals surface area (Å²) in [5, 5.41) is 0.957. The van der Waals surface area contributed by atoms with Crippen molar-refractivity contribution in [2.24, 2.45) is 0 Å². The maximum Gasteiger partial charge on any atom is 0.130 e. The Kier molecular flexibility index (Phi) is 2.76. The summed E-state index contributed by atoms with van der Waals surface area (Å²) in [6.07, 6.45) is 7.17. The van der Waals surface area contributed by atoms with Gasteiger partial charge in [-0.3, -0.25) is 0 Å². The van der Waals surface area contributed by atoms with Gasteiger partial charge in [-0.2, -0.15) is 0 Å². The van der Waals surface area contributed by atoms with Crippen molar-refractivity contribution >= 4 is 23.2 Å². The van der Waals surface area contributed by atoms with Crippen LogP contribution in [0.5, 0.6) is 0 Å². The van der Waals surface area contributed by atoms with Gasteiger partial charge >= 0.3 is 0 Å². The van der Waals surface area contributed by atoms with Crippen LogP contribution in [0.15, 0.2) is 12.3 Å². The number of rotatable bonds is 1. The molecule has 11 heavy (non-hydrogen) atoms. The molecule has 1 aromatic heterocycles. The summed E-state index contributed by atoms with van der Waals surface area (Å²) < 4.78 is 0. The molecule has 0 aromatic carbocycles. The SMILES string of the molecule is C#CCc1cnc(Cl)cc1Cl. The molecule has 56 valence electrons. The molecule has 0 radical (unpaired) electrons. The number of hydrogen-bond acceptors (Lipinski definition) is 1. The largest absolute Gasteiger partial charge is 0.244 e. The third-order valence-corrected chi connectivity index (χ3v) is 1.75. The van der Waals surface area contributed by atoms with Gasteiger partial charge in [0.15, 0.2) is 0 Å². The summed E-state index contributed by atoms with van der Waals surface area (Å²) in [6, 6.07) is 1.58. The van der Waals surface area contributed by atoms with E-state index in [2.05, 4.69) is 10.9 Å². The van der Waals surface area contributed by atoms with Crippen molar-refractivity contribution in [3.63, 3.8) is 0 Å². The highest BCUT2D eigenvalue weighted by Gasteiger charge is 1.99. The van der Waals surface area contributed by atoms with Gasteiger partial charge in [0.2, 0.25) is 0 Å². The van der Waals surface area contributed by atoms with E-state index >= 15 is 0 Å². The van der Waals surface area contributed by atoms with Crippen molar-refractivity contribution in [2.45, 2.75) is 6.42 Å². The van der Waals surface area contributed by atoms with E-state index in [-0.39, 0.29) is 0 Å². The summed E-state index contributed by atoms with van der Waals surface area (Å²) in [7, 11) is 0. The van der Waals surface area contributed by atoms with Gasteiger partial charge in [0.05, 0.1) is 0 Å².